The number of benzene rings is 1. The largest absolute Gasteiger partial charge is 0.350 e. The van der Waals surface area contributed by atoms with Crippen LogP contribution in [0.25, 0.3) is 0 Å². The molecule has 26 heavy (non-hydrogen) atoms. The summed E-state index contributed by atoms with van der Waals surface area (Å²) in [6.45, 7) is 11.9. The van der Waals surface area contributed by atoms with Gasteiger partial charge < -0.3 is 10.2 Å². The van der Waals surface area contributed by atoms with Gasteiger partial charge in [-0.25, -0.2) is 0 Å². The third kappa shape index (κ3) is 6.02. The first-order valence-corrected chi connectivity index (χ1v) is 10.2. The summed E-state index contributed by atoms with van der Waals surface area (Å²) in [6, 6.07) is 8.09. The van der Waals surface area contributed by atoms with Crippen LogP contribution in [0.5, 0.6) is 0 Å². The summed E-state index contributed by atoms with van der Waals surface area (Å²) >= 11 is 1.82. The number of carbonyl (C=O) groups excluding carboxylic acids is 2. The molecule has 0 spiro atoms. The topological polar surface area (TPSA) is 52.7 Å². The van der Waals surface area contributed by atoms with Gasteiger partial charge in [0.05, 0.1) is 18.8 Å². The molecular formula is C20H31N3O2S. The van der Waals surface area contributed by atoms with E-state index >= 15 is 0 Å². The van der Waals surface area contributed by atoms with Gasteiger partial charge in [-0.1, -0.05) is 26.0 Å². The Hall–Kier alpha value is -1.53. The van der Waals surface area contributed by atoms with Crippen LogP contribution in [0.2, 0.25) is 0 Å². The fourth-order valence-electron chi connectivity index (χ4n) is 2.96. The Bertz CT molecular complexity index is 642. The number of likely N-dealkylation sites (N-methyl/N-ethyl adjacent to an activating group) is 1. The van der Waals surface area contributed by atoms with E-state index in [1.807, 2.05) is 67.5 Å². The Kier molecular flexibility index (Phi) is 7.12. The molecule has 1 aliphatic heterocycles. The molecule has 0 fully saturated rings. The monoisotopic (exact) mass is 377 g/mol. The van der Waals surface area contributed by atoms with Crippen LogP contribution < -0.4 is 10.2 Å². The summed E-state index contributed by atoms with van der Waals surface area (Å²) in [7, 11) is 0. The molecule has 0 saturated carbocycles. The molecule has 6 heteroatoms. The standard InChI is InChI=1S/C20H31N3O2S/c1-6-22(13-18(24)21-20(3,4)5)14-19(25)23-12-11-15(2)26-17-10-8-7-9-16(17)23/h7-10,15H,6,11-14H2,1-5H3,(H,21,24)/t15-/m0/s1. The molecule has 0 bridgehead atoms. The average Bonchev–Trinajstić information content (AvgIpc) is 2.70. The van der Waals surface area contributed by atoms with Crippen molar-refractivity contribution in [3.8, 4) is 0 Å². The highest BCUT2D eigenvalue weighted by molar-refractivity contribution is 8.00. The Morgan fingerprint density at radius 2 is 1.96 bits per heavy atom. The van der Waals surface area contributed by atoms with Gasteiger partial charge in [0.25, 0.3) is 0 Å². The van der Waals surface area contributed by atoms with E-state index in [-0.39, 0.29) is 30.4 Å². The van der Waals surface area contributed by atoms with E-state index in [2.05, 4.69) is 18.3 Å². The molecule has 1 heterocycles. The number of hydrogen-bond acceptors (Lipinski definition) is 4. The van der Waals surface area contributed by atoms with Crippen molar-refractivity contribution in [2.75, 3.05) is 31.1 Å². The molecule has 2 amide bonds. The van der Waals surface area contributed by atoms with Gasteiger partial charge in [-0.2, -0.15) is 0 Å². The van der Waals surface area contributed by atoms with Crippen LogP contribution in [0, 0.1) is 0 Å². The number of anilines is 1. The van der Waals surface area contributed by atoms with E-state index in [1.165, 1.54) is 0 Å². The lowest BCUT2D eigenvalue weighted by Crippen LogP contribution is -2.48. The van der Waals surface area contributed by atoms with Gasteiger partial charge in [-0.05, 0) is 45.9 Å². The molecule has 0 aromatic heterocycles. The highest BCUT2D eigenvalue weighted by Crippen LogP contribution is 2.37. The Morgan fingerprint density at radius 3 is 2.62 bits per heavy atom. The van der Waals surface area contributed by atoms with Crippen LogP contribution in [-0.4, -0.2) is 53.7 Å². The molecular weight excluding hydrogens is 346 g/mol. The van der Waals surface area contributed by atoms with Gasteiger partial charge in [-0.15, -0.1) is 11.8 Å². The summed E-state index contributed by atoms with van der Waals surface area (Å²) in [4.78, 5) is 30.1. The Morgan fingerprint density at radius 1 is 1.27 bits per heavy atom. The summed E-state index contributed by atoms with van der Waals surface area (Å²) in [5.41, 5.74) is 0.722. The SMILES string of the molecule is CCN(CC(=O)NC(C)(C)C)CC(=O)N1CC[C@H](C)Sc2ccccc21. The second-order valence-corrected chi connectivity index (χ2v) is 9.31. The molecule has 1 aliphatic rings. The minimum absolute atomic E-state index is 0.0485. The van der Waals surface area contributed by atoms with Gasteiger partial charge >= 0.3 is 0 Å². The smallest absolute Gasteiger partial charge is 0.241 e. The molecule has 1 atom stereocenters. The van der Waals surface area contributed by atoms with Crippen molar-refractivity contribution in [1.29, 1.82) is 0 Å². The predicted molar refractivity (Wildman–Crippen MR) is 109 cm³/mol. The number of carbonyl (C=O) groups is 2. The maximum absolute atomic E-state index is 13.0. The zero-order chi connectivity index (χ0) is 19.3. The van der Waals surface area contributed by atoms with Crippen LogP contribution in [0.1, 0.15) is 41.0 Å². The zero-order valence-electron chi connectivity index (χ0n) is 16.5. The van der Waals surface area contributed by atoms with E-state index in [1.54, 1.807) is 0 Å². The normalized spacial score (nSPS) is 17.6. The van der Waals surface area contributed by atoms with Gasteiger partial charge in [0, 0.05) is 22.2 Å². The van der Waals surface area contributed by atoms with Gasteiger partial charge in [-0.3, -0.25) is 14.5 Å². The summed E-state index contributed by atoms with van der Waals surface area (Å²) in [5.74, 6) is 0.00477. The van der Waals surface area contributed by atoms with Crippen LogP contribution in [0.15, 0.2) is 29.2 Å². The lowest BCUT2D eigenvalue weighted by Gasteiger charge is -2.28. The van der Waals surface area contributed by atoms with Crippen molar-refractivity contribution in [1.82, 2.24) is 10.2 Å². The molecule has 0 radical (unpaired) electrons. The minimum atomic E-state index is -0.266. The minimum Gasteiger partial charge on any atom is -0.350 e. The Balaban J connectivity index is 2.06. The number of thioether (sulfide) groups is 1. The average molecular weight is 378 g/mol. The second kappa shape index (κ2) is 8.91. The van der Waals surface area contributed by atoms with Crippen molar-refractivity contribution >= 4 is 29.3 Å². The fourth-order valence-corrected chi connectivity index (χ4v) is 4.08. The number of amides is 2. The van der Waals surface area contributed by atoms with Crippen molar-refractivity contribution in [2.45, 2.75) is 56.7 Å². The quantitative estimate of drug-likeness (QED) is 0.856. The highest BCUT2D eigenvalue weighted by atomic mass is 32.2. The molecule has 1 aromatic rings. The molecule has 144 valence electrons. The van der Waals surface area contributed by atoms with E-state index in [9.17, 15) is 9.59 Å². The fraction of sp³-hybridized carbons (Fsp3) is 0.600. The molecule has 5 nitrogen and oxygen atoms in total. The number of rotatable bonds is 5. The number of nitrogens with zero attached hydrogens (tertiary/aromatic N) is 2. The van der Waals surface area contributed by atoms with E-state index in [0.29, 0.717) is 11.8 Å². The molecule has 0 unspecified atom stereocenters. The highest BCUT2D eigenvalue weighted by Gasteiger charge is 2.26. The maximum atomic E-state index is 13.0. The van der Waals surface area contributed by atoms with Gasteiger partial charge in [0.15, 0.2) is 0 Å². The van der Waals surface area contributed by atoms with Crippen molar-refractivity contribution < 1.29 is 9.59 Å². The van der Waals surface area contributed by atoms with Crippen LogP contribution in [0.4, 0.5) is 5.69 Å². The Labute approximate surface area is 161 Å². The number of fused-ring (bicyclic) bond motifs is 1. The lowest BCUT2D eigenvalue weighted by molar-refractivity contribution is -0.125. The van der Waals surface area contributed by atoms with Gasteiger partial charge in [0.2, 0.25) is 11.8 Å². The molecule has 0 aliphatic carbocycles. The van der Waals surface area contributed by atoms with E-state index < -0.39 is 0 Å². The van der Waals surface area contributed by atoms with Crippen molar-refractivity contribution in [3.05, 3.63) is 24.3 Å². The molecule has 1 aromatic carbocycles. The number of nitrogens with one attached hydrogen (secondary N) is 1. The molecule has 2 rings (SSSR count). The number of hydrogen-bond donors (Lipinski definition) is 1. The first-order valence-electron chi connectivity index (χ1n) is 9.29. The molecule has 1 N–H and O–H groups in total. The van der Waals surface area contributed by atoms with Crippen LogP contribution in [0.3, 0.4) is 0 Å². The first kappa shape index (κ1) is 20.8. The van der Waals surface area contributed by atoms with Crippen molar-refractivity contribution in [3.63, 3.8) is 0 Å². The summed E-state index contributed by atoms with van der Waals surface area (Å²) in [5, 5.41) is 3.44. The van der Waals surface area contributed by atoms with Crippen LogP contribution in [-0.2, 0) is 9.59 Å². The third-order valence-electron chi connectivity index (χ3n) is 4.23. The maximum Gasteiger partial charge on any atom is 0.241 e. The second-order valence-electron chi connectivity index (χ2n) is 7.83. The van der Waals surface area contributed by atoms with Crippen molar-refractivity contribution in [2.24, 2.45) is 0 Å². The first-order chi connectivity index (χ1) is 12.2. The lowest BCUT2D eigenvalue weighted by atomic mass is 10.1. The van der Waals surface area contributed by atoms with E-state index in [4.69, 9.17) is 0 Å². The molecule has 0 saturated heterocycles. The van der Waals surface area contributed by atoms with Gasteiger partial charge in [0.1, 0.15) is 0 Å². The van der Waals surface area contributed by atoms with Crippen LogP contribution >= 0.6 is 11.8 Å². The summed E-state index contributed by atoms with van der Waals surface area (Å²) < 4.78 is 0. The summed E-state index contributed by atoms with van der Waals surface area (Å²) in [6.07, 6.45) is 0.960. The predicted octanol–water partition coefficient (Wildman–Crippen LogP) is 3.14. The third-order valence-corrected chi connectivity index (χ3v) is 5.47. The number of para-hydroxylation sites is 1. The zero-order valence-corrected chi connectivity index (χ0v) is 17.4. The van der Waals surface area contributed by atoms with E-state index in [0.717, 1.165) is 23.5 Å².